The van der Waals surface area contributed by atoms with Gasteiger partial charge in [-0.15, -0.1) is 0 Å². The van der Waals surface area contributed by atoms with Gasteiger partial charge in [0.05, 0.1) is 18.6 Å². The first-order valence-corrected chi connectivity index (χ1v) is 11.3. The number of hydrogen-bond donors (Lipinski definition) is 0. The number of fused-ring (bicyclic) bond motifs is 2. The minimum Gasteiger partial charge on any atom is -0.476 e. The van der Waals surface area contributed by atoms with E-state index in [0.717, 1.165) is 23.8 Å². The molecule has 34 heavy (non-hydrogen) atoms. The Balaban J connectivity index is 1.47. The molecular weight excluding hydrogens is 440 g/mol. The van der Waals surface area contributed by atoms with Gasteiger partial charge in [0, 0.05) is 27.2 Å². The van der Waals surface area contributed by atoms with Crippen LogP contribution < -0.4 is 20.9 Å². The number of likely N-dealkylation sites (tertiary alicyclic amines) is 1. The highest BCUT2D eigenvalue weighted by Gasteiger charge is 2.36. The molecule has 3 aromatic rings. The van der Waals surface area contributed by atoms with Crippen molar-refractivity contribution in [2.75, 3.05) is 24.5 Å². The van der Waals surface area contributed by atoms with Crippen LogP contribution in [0.25, 0.3) is 11.2 Å². The van der Waals surface area contributed by atoms with Crippen molar-refractivity contribution >= 4 is 28.7 Å². The smallest absolute Gasteiger partial charge is 0.332 e. The van der Waals surface area contributed by atoms with Crippen LogP contribution in [0.2, 0.25) is 0 Å². The van der Waals surface area contributed by atoms with Crippen LogP contribution in [0.3, 0.4) is 0 Å². The second-order valence-electron chi connectivity index (χ2n) is 8.71. The molecule has 0 spiro atoms. The molecule has 178 valence electrons. The third-order valence-electron chi connectivity index (χ3n) is 6.54. The maximum Gasteiger partial charge on any atom is 0.332 e. The number of carbonyl (C=O) groups is 2. The lowest BCUT2D eigenvalue weighted by Gasteiger charge is -2.37. The molecular formula is C23H26N6O5. The van der Waals surface area contributed by atoms with E-state index in [9.17, 15) is 19.2 Å². The highest BCUT2D eigenvalue weighted by Crippen LogP contribution is 2.34. The predicted octanol–water partition coefficient (Wildman–Crippen LogP) is 0.240. The molecule has 5 rings (SSSR count). The number of para-hydroxylation sites is 2. The number of aryl methyl sites for hydroxylation is 1. The van der Waals surface area contributed by atoms with Gasteiger partial charge in [-0.3, -0.25) is 23.5 Å². The summed E-state index contributed by atoms with van der Waals surface area (Å²) < 4.78 is 9.71. The summed E-state index contributed by atoms with van der Waals surface area (Å²) in [6, 6.07) is 7.10. The van der Waals surface area contributed by atoms with E-state index >= 15 is 0 Å². The summed E-state index contributed by atoms with van der Waals surface area (Å²) in [6.07, 6.45) is 3.61. The second-order valence-corrected chi connectivity index (χ2v) is 8.71. The first-order valence-electron chi connectivity index (χ1n) is 11.3. The molecule has 2 aliphatic heterocycles. The van der Waals surface area contributed by atoms with Crippen molar-refractivity contribution in [2.45, 2.75) is 31.9 Å². The molecule has 2 aliphatic rings. The molecule has 11 nitrogen and oxygen atoms in total. The van der Waals surface area contributed by atoms with Crippen molar-refractivity contribution in [3.8, 4) is 5.75 Å². The van der Waals surface area contributed by atoms with Gasteiger partial charge in [0.2, 0.25) is 5.91 Å². The Labute approximate surface area is 194 Å². The van der Waals surface area contributed by atoms with E-state index in [1.165, 1.54) is 34.5 Å². The van der Waals surface area contributed by atoms with Crippen LogP contribution in [0.5, 0.6) is 5.75 Å². The molecule has 4 heterocycles. The Morgan fingerprint density at radius 2 is 1.79 bits per heavy atom. The van der Waals surface area contributed by atoms with Crippen molar-refractivity contribution < 1.29 is 14.3 Å². The summed E-state index contributed by atoms with van der Waals surface area (Å²) in [5.74, 6) is 0.0256. The normalized spacial score (nSPS) is 18.0. The Bertz CT molecular complexity index is 1400. The molecule has 1 atom stereocenters. The lowest BCUT2D eigenvalue weighted by molar-refractivity contribution is -0.139. The molecule has 1 saturated heterocycles. The third-order valence-corrected chi connectivity index (χ3v) is 6.54. The van der Waals surface area contributed by atoms with Crippen LogP contribution in [0.4, 0.5) is 5.69 Å². The zero-order chi connectivity index (χ0) is 24.0. The van der Waals surface area contributed by atoms with Crippen molar-refractivity contribution in [2.24, 2.45) is 14.1 Å². The molecule has 0 unspecified atom stereocenters. The van der Waals surface area contributed by atoms with E-state index < -0.39 is 17.4 Å². The largest absolute Gasteiger partial charge is 0.476 e. The molecule has 0 saturated carbocycles. The van der Waals surface area contributed by atoms with Crippen LogP contribution in [0.15, 0.2) is 40.2 Å². The zero-order valence-electron chi connectivity index (χ0n) is 19.1. The number of benzene rings is 1. The molecule has 2 amide bonds. The van der Waals surface area contributed by atoms with Crippen LogP contribution in [-0.2, 0) is 30.2 Å². The first kappa shape index (κ1) is 21.9. The highest BCUT2D eigenvalue weighted by molar-refractivity contribution is 5.97. The average molecular weight is 466 g/mol. The Morgan fingerprint density at radius 3 is 2.56 bits per heavy atom. The van der Waals surface area contributed by atoms with Gasteiger partial charge in [-0.25, -0.2) is 9.78 Å². The SMILES string of the molecule is Cn1c(=O)c2c(ncn2CC(=O)N2C[C@H](C(=O)N3CCCCC3)Oc3ccccc32)n(C)c1=O. The molecule has 0 radical (unpaired) electrons. The number of nitrogens with zero attached hydrogens (tertiary/aromatic N) is 6. The first-order chi connectivity index (χ1) is 16.4. The lowest BCUT2D eigenvalue weighted by Crippen LogP contribution is -2.53. The van der Waals surface area contributed by atoms with E-state index in [2.05, 4.69) is 4.98 Å². The zero-order valence-corrected chi connectivity index (χ0v) is 19.1. The summed E-state index contributed by atoms with van der Waals surface area (Å²) in [5.41, 5.74) is -0.0685. The fourth-order valence-electron chi connectivity index (χ4n) is 4.67. The Hall–Kier alpha value is -3.89. The van der Waals surface area contributed by atoms with Gasteiger partial charge in [-0.2, -0.15) is 0 Å². The predicted molar refractivity (Wildman–Crippen MR) is 124 cm³/mol. The maximum atomic E-state index is 13.5. The summed E-state index contributed by atoms with van der Waals surface area (Å²) >= 11 is 0. The lowest BCUT2D eigenvalue weighted by atomic mass is 10.1. The van der Waals surface area contributed by atoms with E-state index in [-0.39, 0.29) is 36.1 Å². The molecule has 1 aromatic carbocycles. The Morgan fingerprint density at radius 1 is 1.06 bits per heavy atom. The van der Waals surface area contributed by atoms with Gasteiger partial charge in [0.15, 0.2) is 17.3 Å². The standard InChI is InChI=1S/C23H26N6O5/c1-25-20-19(22(32)26(2)23(25)33)28(14-24-20)13-18(30)29-12-17(21(31)27-10-6-3-7-11-27)34-16-9-5-4-8-15(16)29/h4-5,8-9,14,17H,3,6-7,10-13H2,1-2H3/t17-/m1/s1. The van der Waals surface area contributed by atoms with Crippen molar-refractivity contribution in [3.05, 3.63) is 51.4 Å². The number of imidazole rings is 1. The van der Waals surface area contributed by atoms with Gasteiger partial charge in [0.25, 0.3) is 11.5 Å². The number of amides is 2. The van der Waals surface area contributed by atoms with Gasteiger partial charge < -0.3 is 19.1 Å². The van der Waals surface area contributed by atoms with Gasteiger partial charge in [0.1, 0.15) is 12.3 Å². The number of hydrogen-bond acceptors (Lipinski definition) is 6. The topological polar surface area (TPSA) is 112 Å². The monoisotopic (exact) mass is 466 g/mol. The van der Waals surface area contributed by atoms with E-state index in [1.807, 2.05) is 0 Å². The summed E-state index contributed by atoms with van der Waals surface area (Å²) in [7, 11) is 2.91. The van der Waals surface area contributed by atoms with Crippen LogP contribution >= 0.6 is 0 Å². The van der Waals surface area contributed by atoms with Crippen molar-refractivity contribution in [1.82, 2.24) is 23.6 Å². The quantitative estimate of drug-likeness (QED) is 0.547. The summed E-state index contributed by atoms with van der Waals surface area (Å²) in [4.78, 5) is 59.1. The van der Waals surface area contributed by atoms with Gasteiger partial charge in [-0.1, -0.05) is 12.1 Å². The fourth-order valence-corrected chi connectivity index (χ4v) is 4.67. The number of rotatable bonds is 3. The van der Waals surface area contributed by atoms with E-state index in [0.29, 0.717) is 24.5 Å². The second kappa shape index (κ2) is 8.47. The summed E-state index contributed by atoms with van der Waals surface area (Å²) in [5, 5.41) is 0. The fraction of sp³-hybridized carbons (Fsp3) is 0.435. The van der Waals surface area contributed by atoms with Crippen LogP contribution in [-0.4, -0.2) is 61.1 Å². The van der Waals surface area contributed by atoms with E-state index in [1.54, 1.807) is 29.2 Å². The van der Waals surface area contributed by atoms with Gasteiger partial charge >= 0.3 is 5.69 Å². The van der Waals surface area contributed by atoms with Crippen LogP contribution in [0.1, 0.15) is 19.3 Å². The molecule has 0 aliphatic carbocycles. The van der Waals surface area contributed by atoms with E-state index in [4.69, 9.17) is 4.74 Å². The number of ether oxygens (including phenoxy) is 1. The van der Waals surface area contributed by atoms with Gasteiger partial charge in [-0.05, 0) is 31.4 Å². The third kappa shape index (κ3) is 3.57. The number of anilines is 1. The number of piperidine rings is 1. The maximum absolute atomic E-state index is 13.5. The van der Waals surface area contributed by atoms with Crippen molar-refractivity contribution in [1.29, 1.82) is 0 Å². The highest BCUT2D eigenvalue weighted by atomic mass is 16.5. The summed E-state index contributed by atoms with van der Waals surface area (Å²) in [6.45, 7) is 1.28. The molecule has 1 fully saturated rings. The van der Waals surface area contributed by atoms with Crippen LogP contribution in [0, 0.1) is 0 Å². The molecule has 0 bridgehead atoms. The number of carbonyl (C=O) groups excluding carboxylic acids is 2. The molecule has 2 aromatic heterocycles. The molecule has 11 heteroatoms. The Kier molecular flexibility index (Phi) is 5.46. The minimum atomic E-state index is -0.801. The number of aromatic nitrogens is 4. The minimum absolute atomic E-state index is 0.0777. The van der Waals surface area contributed by atoms with Crippen molar-refractivity contribution in [3.63, 3.8) is 0 Å². The average Bonchev–Trinajstić information content (AvgIpc) is 3.29. The molecule has 0 N–H and O–H groups in total.